The van der Waals surface area contributed by atoms with E-state index in [0.29, 0.717) is 16.6 Å². The van der Waals surface area contributed by atoms with Gasteiger partial charge in [0, 0.05) is 22.9 Å². The molecule has 2 N–H and O–H groups in total. The number of aliphatic hydroxyl groups is 1. The summed E-state index contributed by atoms with van der Waals surface area (Å²) < 4.78 is 19.8. The summed E-state index contributed by atoms with van der Waals surface area (Å²) in [5.74, 6) is 0.556. The number of nitrogens with zero attached hydrogens (tertiary/aromatic N) is 4. The van der Waals surface area contributed by atoms with Crippen LogP contribution in [0.3, 0.4) is 0 Å². The normalized spacial score (nSPS) is 20.3. The van der Waals surface area contributed by atoms with Gasteiger partial charge in [-0.25, -0.2) is 4.79 Å². The van der Waals surface area contributed by atoms with Gasteiger partial charge in [0.25, 0.3) is 0 Å². The van der Waals surface area contributed by atoms with Gasteiger partial charge in [-0.1, -0.05) is 85.9 Å². The number of nitrogens with one attached hydrogen (secondary N) is 1. The fourth-order valence-corrected chi connectivity index (χ4v) is 5.57. The van der Waals surface area contributed by atoms with Crippen LogP contribution in [0.2, 0.25) is 0 Å². The molecular formula is C30H31N5O5S. The first-order chi connectivity index (χ1) is 20.1. The van der Waals surface area contributed by atoms with Crippen molar-refractivity contribution in [1.29, 1.82) is 0 Å². The van der Waals surface area contributed by atoms with E-state index in [-0.39, 0.29) is 31.3 Å². The molecule has 1 aliphatic rings. The van der Waals surface area contributed by atoms with Crippen LogP contribution >= 0.6 is 11.8 Å². The van der Waals surface area contributed by atoms with Gasteiger partial charge in [-0.3, -0.25) is 5.32 Å². The van der Waals surface area contributed by atoms with Gasteiger partial charge in [0.2, 0.25) is 5.16 Å². The molecule has 1 saturated heterocycles. The Hall–Kier alpha value is -4.03. The van der Waals surface area contributed by atoms with Gasteiger partial charge in [0.1, 0.15) is 6.61 Å². The highest BCUT2D eigenvalue weighted by Gasteiger charge is 2.38. The van der Waals surface area contributed by atoms with Gasteiger partial charge in [-0.15, -0.1) is 5.10 Å². The zero-order valence-electron chi connectivity index (χ0n) is 22.5. The summed E-state index contributed by atoms with van der Waals surface area (Å²) in [7, 11) is 0. The molecule has 0 saturated carbocycles. The van der Waals surface area contributed by atoms with Crippen molar-refractivity contribution in [2.75, 3.05) is 17.7 Å². The number of amides is 1. The largest absolute Gasteiger partial charge is 0.445 e. The predicted molar refractivity (Wildman–Crippen MR) is 154 cm³/mol. The highest BCUT2D eigenvalue weighted by atomic mass is 32.2. The fraction of sp³-hybridized carbons (Fsp3) is 0.267. The molecule has 10 nitrogen and oxygen atoms in total. The van der Waals surface area contributed by atoms with Crippen LogP contribution in [0.1, 0.15) is 36.0 Å². The molecule has 4 atom stereocenters. The summed E-state index contributed by atoms with van der Waals surface area (Å²) in [6, 6.07) is 24.8. The maximum Gasteiger partial charge on any atom is 0.411 e. The third-order valence-corrected chi connectivity index (χ3v) is 7.69. The molecule has 1 amide bonds. The second-order valence-corrected chi connectivity index (χ2v) is 10.5. The standard InChI is InChI=1S/C30H31N5O5S/c1-3-16-38-30(37)31-24-9-7-8-23(17-24)28-39-26(20(2)27(40-28)22-14-12-21(18-36)13-15-22)19-41-29-32-33-34-35(29)25-10-5-4-6-11-25/h3-15,17,20,26-28,36H,1,16,18-19H2,2H3,(H,31,37). The quantitative estimate of drug-likeness (QED) is 0.188. The molecule has 3 aromatic carbocycles. The first-order valence-electron chi connectivity index (χ1n) is 13.2. The number of tetrazole rings is 1. The Morgan fingerprint density at radius 3 is 2.66 bits per heavy atom. The molecule has 1 aromatic heterocycles. The minimum absolute atomic E-state index is 0.0185. The van der Waals surface area contributed by atoms with E-state index in [9.17, 15) is 9.90 Å². The second kappa shape index (κ2) is 13.6. The van der Waals surface area contributed by atoms with E-state index in [2.05, 4.69) is 34.3 Å². The Morgan fingerprint density at radius 1 is 1.10 bits per heavy atom. The van der Waals surface area contributed by atoms with Crippen molar-refractivity contribution in [3.63, 3.8) is 0 Å². The van der Waals surface area contributed by atoms with E-state index in [1.165, 1.54) is 17.8 Å². The van der Waals surface area contributed by atoms with Gasteiger partial charge in [0.05, 0.1) is 24.5 Å². The summed E-state index contributed by atoms with van der Waals surface area (Å²) in [6.45, 7) is 5.74. The highest BCUT2D eigenvalue weighted by molar-refractivity contribution is 7.99. The number of rotatable bonds is 10. The van der Waals surface area contributed by atoms with E-state index in [1.807, 2.05) is 72.8 Å². The number of ether oxygens (including phenoxy) is 3. The molecule has 4 unspecified atom stereocenters. The van der Waals surface area contributed by atoms with Crippen LogP contribution in [0.5, 0.6) is 0 Å². The van der Waals surface area contributed by atoms with Crippen LogP contribution < -0.4 is 5.32 Å². The molecule has 41 heavy (non-hydrogen) atoms. The number of anilines is 1. The summed E-state index contributed by atoms with van der Waals surface area (Å²) >= 11 is 1.51. The first kappa shape index (κ1) is 28.5. The molecule has 2 heterocycles. The topological polar surface area (TPSA) is 121 Å². The van der Waals surface area contributed by atoms with Crippen molar-refractivity contribution >= 4 is 23.5 Å². The molecule has 0 aliphatic carbocycles. The lowest BCUT2D eigenvalue weighted by Gasteiger charge is -2.41. The maximum atomic E-state index is 12.1. The number of benzene rings is 3. The Kier molecular flexibility index (Phi) is 9.42. The second-order valence-electron chi connectivity index (χ2n) is 9.48. The number of carbonyl (C=O) groups is 1. The highest BCUT2D eigenvalue weighted by Crippen LogP contribution is 2.43. The third-order valence-electron chi connectivity index (χ3n) is 6.68. The summed E-state index contributed by atoms with van der Waals surface area (Å²) in [5, 5.41) is 25.2. The number of hydrogen-bond acceptors (Lipinski definition) is 9. The number of aliphatic hydroxyl groups excluding tert-OH is 1. The van der Waals surface area contributed by atoms with Crippen LogP contribution in [0.25, 0.3) is 5.69 Å². The van der Waals surface area contributed by atoms with Gasteiger partial charge in [-0.2, -0.15) is 4.68 Å². The number of thioether (sulfide) groups is 1. The van der Waals surface area contributed by atoms with E-state index < -0.39 is 12.4 Å². The molecule has 0 spiro atoms. The van der Waals surface area contributed by atoms with Crippen LogP contribution in [0.15, 0.2) is 96.7 Å². The Morgan fingerprint density at radius 2 is 1.90 bits per heavy atom. The molecule has 0 bridgehead atoms. The van der Waals surface area contributed by atoms with Gasteiger partial charge in [-0.05, 0) is 45.8 Å². The van der Waals surface area contributed by atoms with E-state index in [1.54, 1.807) is 10.7 Å². The Bertz CT molecular complexity index is 1450. The number of carbonyl (C=O) groups excluding carboxylic acids is 1. The monoisotopic (exact) mass is 573 g/mol. The molecule has 212 valence electrons. The van der Waals surface area contributed by atoms with Gasteiger partial charge in [0.15, 0.2) is 6.29 Å². The zero-order chi connectivity index (χ0) is 28.6. The summed E-state index contributed by atoms with van der Waals surface area (Å²) in [4.78, 5) is 12.1. The first-order valence-corrected chi connectivity index (χ1v) is 14.2. The smallest absolute Gasteiger partial charge is 0.411 e. The van der Waals surface area contributed by atoms with Crippen molar-refractivity contribution in [2.45, 2.75) is 37.2 Å². The van der Waals surface area contributed by atoms with Crippen molar-refractivity contribution in [1.82, 2.24) is 20.2 Å². The van der Waals surface area contributed by atoms with Crippen LogP contribution in [0.4, 0.5) is 10.5 Å². The third kappa shape index (κ3) is 7.01. The van der Waals surface area contributed by atoms with E-state index in [0.717, 1.165) is 22.4 Å². The average Bonchev–Trinajstić information content (AvgIpc) is 3.49. The minimum atomic E-state index is -0.699. The van der Waals surface area contributed by atoms with Gasteiger partial charge < -0.3 is 19.3 Å². The summed E-state index contributed by atoms with van der Waals surface area (Å²) in [6.07, 6.45) is -0.281. The molecule has 1 fully saturated rings. The molecular weight excluding hydrogens is 542 g/mol. The van der Waals surface area contributed by atoms with Crippen LogP contribution in [-0.4, -0.2) is 49.9 Å². The van der Waals surface area contributed by atoms with E-state index in [4.69, 9.17) is 14.2 Å². The minimum Gasteiger partial charge on any atom is -0.445 e. The van der Waals surface area contributed by atoms with Crippen LogP contribution in [0, 0.1) is 5.92 Å². The Labute approximate surface area is 242 Å². The average molecular weight is 574 g/mol. The Balaban J connectivity index is 1.38. The number of hydrogen-bond donors (Lipinski definition) is 2. The zero-order valence-corrected chi connectivity index (χ0v) is 23.3. The van der Waals surface area contributed by atoms with Crippen molar-refractivity contribution in [3.8, 4) is 5.69 Å². The van der Waals surface area contributed by atoms with Crippen molar-refractivity contribution in [3.05, 3.63) is 108 Å². The maximum absolute atomic E-state index is 12.1. The van der Waals surface area contributed by atoms with Crippen molar-refractivity contribution in [2.24, 2.45) is 5.92 Å². The fourth-order valence-electron chi connectivity index (χ4n) is 4.52. The predicted octanol–water partition coefficient (Wildman–Crippen LogP) is 5.47. The molecule has 4 aromatic rings. The summed E-state index contributed by atoms with van der Waals surface area (Å²) in [5.41, 5.74) is 3.98. The molecule has 1 aliphatic heterocycles. The van der Waals surface area contributed by atoms with E-state index >= 15 is 0 Å². The lowest BCUT2D eigenvalue weighted by atomic mass is 9.91. The van der Waals surface area contributed by atoms with Crippen LogP contribution in [-0.2, 0) is 20.8 Å². The lowest BCUT2D eigenvalue weighted by molar-refractivity contribution is -0.268. The molecule has 5 rings (SSSR count). The number of aromatic nitrogens is 4. The van der Waals surface area contributed by atoms with Gasteiger partial charge >= 0.3 is 6.09 Å². The molecule has 0 radical (unpaired) electrons. The SMILES string of the molecule is C=CCOC(=O)Nc1cccc(C2OC(CSc3nnnn3-c3ccccc3)C(C)C(c3ccc(CO)cc3)O2)c1. The lowest BCUT2D eigenvalue weighted by Crippen LogP contribution is -2.38. The number of para-hydroxylation sites is 1. The van der Waals surface area contributed by atoms with Crippen molar-refractivity contribution < 1.29 is 24.1 Å². The molecule has 11 heteroatoms.